The number of fused-ring (bicyclic) bond motifs is 1. The van der Waals surface area contributed by atoms with Crippen LogP contribution in [0.1, 0.15) is 13.3 Å². The normalized spacial score (nSPS) is 34.4. The molecule has 14 heavy (non-hydrogen) atoms. The molecule has 2 fully saturated rings. The Balaban J connectivity index is 2.17. The van der Waals surface area contributed by atoms with Crippen LogP contribution in [0.15, 0.2) is 0 Å². The Labute approximate surface area is 89.6 Å². The molecule has 0 saturated carbocycles. The summed E-state index contributed by atoms with van der Waals surface area (Å²) in [6, 6.07) is 0.103. The van der Waals surface area contributed by atoms with Crippen LogP contribution in [0.25, 0.3) is 0 Å². The first-order valence-corrected chi connectivity index (χ1v) is 7.04. The standard InChI is InChI=1S/C8H14N2O2S2/c1-2-3-10-7-5-14(11,12)4-6(7)9-8(10)13/h6-7H,2-5H2,1H3,(H,9,13)/t6-,7+/m0/s1. The van der Waals surface area contributed by atoms with E-state index in [0.29, 0.717) is 0 Å². The summed E-state index contributed by atoms with van der Waals surface area (Å²) in [5.74, 6) is 0.489. The van der Waals surface area contributed by atoms with E-state index in [1.54, 1.807) is 0 Å². The van der Waals surface area contributed by atoms with Crippen LogP contribution in [-0.2, 0) is 9.84 Å². The van der Waals surface area contributed by atoms with E-state index in [4.69, 9.17) is 12.2 Å². The van der Waals surface area contributed by atoms with Gasteiger partial charge < -0.3 is 10.2 Å². The van der Waals surface area contributed by atoms with Crippen LogP contribution in [0.3, 0.4) is 0 Å². The zero-order valence-electron chi connectivity index (χ0n) is 8.06. The lowest BCUT2D eigenvalue weighted by molar-refractivity contribution is 0.355. The van der Waals surface area contributed by atoms with Gasteiger partial charge in [0.2, 0.25) is 0 Å². The molecule has 0 spiro atoms. The van der Waals surface area contributed by atoms with Crippen LogP contribution < -0.4 is 5.32 Å². The largest absolute Gasteiger partial charge is 0.357 e. The van der Waals surface area contributed by atoms with Gasteiger partial charge in [0.15, 0.2) is 14.9 Å². The van der Waals surface area contributed by atoms with E-state index in [1.165, 1.54) is 0 Å². The molecule has 2 heterocycles. The third-order valence-electron chi connectivity index (χ3n) is 2.76. The zero-order valence-corrected chi connectivity index (χ0v) is 9.70. The fourth-order valence-electron chi connectivity index (χ4n) is 2.17. The van der Waals surface area contributed by atoms with Gasteiger partial charge >= 0.3 is 0 Å². The average molecular weight is 234 g/mol. The first kappa shape index (κ1) is 10.2. The molecule has 0 unspecified atom stereocenters. The molecule has 0 bridgehead atoms. The Morgan fingerprint density at radius 3 is 2.93 bits per heavy atom. The van der Waals surface area contributed by atoms with Crippen LogP contribution in [0.4, 0.5) is 0 Å². The van der Waals surface area contributed by atoms with Gasteiger partial charge in [0.1, 0.15) is 0 Å². The fraction of sp³-hybridized carbons (Fsp3) is 0.875. The highest BCUT2D eigenvalue weighted by molar-refractivity contribution is 7.91. The van der Waals surface area contributed by atoms with Gasteiger partial charge in [-0.25, -0.2) is 8.42 Å². The average Bonchev–Trinajstić information content (AvgIpc) is 2.47. The third-order valence-corrected chi connectivity index (χ3v) is 4.83. The summed E-state index contributed by atoms with van der Waals surface area (Å²) in [7, 11) is -2.84. The monoisotopic (exact) mass is 234 g/mol. The molecule has 4 nitrogen and oxygen atoms in total. The van der Waals surface area contributed by atoms with E-state index in [9.17, 15) is 8.42 Å². The Morgan fingerprint density at radius 2 is 2.29 bits per heavy atom. The molecule has 0 aliphatic carbocycles. The van der Waals surface area contributed by atoms with Crippen molar-refractivity contribution < 1.29 is 8.42 Å². The predicted octanol–water partition coefficient (Wildman–Crippen LogP) is -0.248. The summed E-state index contributed by atoms with van der Waals surface area (Å²) in [6.45, 7) is 2.92. The SMILES string of the molecule is CCCN1C(=S)N[C@H]2CS(=O)(=O)C[C@H]21. The molecule has 0 amide bonds. The van der Waals surface area contributed by atoms with E-state index in [-0.39, 0.29) is 23.6 Å². The molecule has 0 aromatic rings. The number of rotatable bonds is 2. The maximum atomic E-state index is 11.4. The van der Waals surface area contributed by atoms with Crippen molar-refractivity contribution in [3.63, 3.8) is 0 Å². The Bertz CT molecular complexity index is 352. The summed E-state index contributed by atoms with van der Waals surface area (Å²) < 4.78 is 22.8. The summed E-state index contributed by atoms with van der Waals surface area (Å²) >= 11 is 5.16. The lowest BCUT2D eigenvalue weighted by Gasteiger charge is -2.22. The van der Waals surface area contributed by atoms with Gasteiger partial charge in [0.25, 0.3) is 0 Å². The van der Waals surface area contributed by atoms with Crippen LogP contribution >= 0.6 is 12.2 Å². The second-order valence-electron chi connectivity index (χ2n) is 3.89. The lowest BCUT2D eigenvalue weighted by atomic mass is 10.2. The smallest absolute Gasteiger partial charge is 0.169 e. The molecule has 2 aliphatic heterocycles. The molecule has 2 atom stereocenters. The minimum absolute atomic E-state index is 0.0269. The molecule has 2 aliphatic rings. The minimum Gasteiger partial charge on any atom is -0.357 e. The van der Waals surface area contributed by atoms with Crippen molar-refractivity contribution >= 4 is 27.2 Å². The van der Waals surface area contributed by atoms with Gasteiger partial charge in [-0.3, -0.25) is 0 Å². The predicted molar refractivity (Wildman–Crippen MR) is 59.0 cm³/mol. The first-order chi connectivity index (χ1) is 6.53. The van der Waals surface area contributed by atoms with Gasteiger partial charge in [-0.15, -0.1) is 0 Å². The van der Waals surface area contributed by atoms with Crippen molar-refractivity contribution in [1.82, 2.24) is 10.2 Å². The molecule has 0 radical (unpaired) electrons. The van der Waals surface area contributed by atoms with Crippen molar-refractivity contribution in [2.75, 3.05) is 18.1 Å². The number of nitrogens with zero attached hydrogens (tertiary/aromatic N) is 1. The molecule has 2 saturated heterocycles. The molecule has 0 aromatic heterocycles. The van der Waals surface area contributed by atoms with Gasteiger partial charge in [-0.1, -0.05) is 6.92 Å². The van der Waals surface area contributed by atoms with E-state index in [2.05, 4.69) is 12.2 Å². The summed E-state index contributed by atoms with van der Waals surface area (Å²) in [4.78, 5) is 2.02. The lowest BCUT2D eigenvalue weighted by Crippen LogP contribution is -2.37. The zero-order chi connectivity index (χ0) is 10.3. The highest BCUT2D eigenvalue weighted by Crippen LogP contribution is 2.24. The topological polar surface area (TPSA) is 49.4 Å². The highest BCUT2D eigenvalue weighted by Gasteiger charge is 2.46. The van der Waals surface area contributed by atoms with E-state index in [0.717, 1.165) is 18.1 Å². The quantitative estimate of drug-likeness (QED) is 0.668. The van der Waals surface area contributed by atoms with Gasteiger partial charge in [-0.05, 0) is 18.6 Å². The van der Waals surface area contributed by atoms with E-state index < -0.39 is 9.84 Å². The number of hydrogen-bond donors (Lipinski definition) is 1. The number of thiocarbonyl (C=S) groups is 1. The Kier molecular flexibility index (Phi) is 2.43. The van der Waals surface area contributed by atoms with E-state index in [1.807, 2.05) is 4.90 Å². The molecular formula is C8H14N2O2S2. The maximum Gasteiger partial charge on any atom is 0.169 e. The van der Waals surface area contributed by atoms with Crippen LogP contribution in [0.2, 0.25) is 0 Å². The number of nitrogens with one attached hydrogen (secondary N) is 1. The molecule has 0 aromatic carbocycles. The maximum absolute atomic E-state index is 11.4. The van der Waals surface area contributed by atoms with Crippen molar-refractivity contribution in [3.05, 3.63) is 0 Å². The summed E-state index contributed by atoms with van der Waals surface area (Å²) in [6.07, 6.45) is 0.991. The first-order valence-electron chi connectivity index (χ1n) is 4.81. The third kappa shape index (κ3) is 1.61. The number of sulfone groups is 1. The second-order valence-corrected chi connectivity index (χ2v) is 6.43. The summed E-state index contributed by atoms with van der Waals surface area (Å²) in [5.41, 5.74) is 0. The van der Waals surface area contributed by atoms with Crippen LogP contribution in [0, 0.1) is 0 Å². The molecule has 1 N–H and O–H groups in total. The van der Waals surface area contributed by atoms with Crippen molar-refractivity contribution in [2.24, 2.45) is 0 Å². The van der Waals surface area contributed by atoms with Gasteiger partial charge in [-0.2, -0.15) is 0 Å². The van der Waals surface area contributed by atoms with Crippen LogP contribution in [0.5, 0.6) is 0 Å². The summed E-state index contributed by atoms with van der Waals surface area (Å²) in [5, 5.41) is 3.80. The Hall–Kier alpha value is -0.360. The van der Waals surface area contributed by atoms with Gasteiger partial charge in [0, 0.05) is 6.54 Å². The molecule has 80 valence electrons. The molecule has 2 rings (SSSR count). The molecular weight excluding hydrogens is 220 g/mol. The minimum atomic E-state index is -2.84. The van der Waals surface area contributed by atoms with Crippen molar-refractivity contribution in [1.29, 1.82) is 0 Å². The second kappa shape index (κ2) is 3.34. The Morgan fingerprint density at radius 1 is 1.57 bits per heavy atom. The highest BCUT2D eigenvalue weighted by atomic mass is 32.2. The number of hydrogen-bond acceptors (Lipinski definition) is 3. The van der Waals surface area contributed by atoms with E-state index >= 15 is 0 Å². The molecule has 6 heteroatoms. The van der Waals surface area contributed by atoms with Gasteiger partial charge in [0.05, 0.1) is 23.6 Å². The fourth-order valence-corrected chi connectivity index (χ4v) is 4.47. The van der Waals surface area contributed by atoms with Crippen LogP contribution in [-0.4, -0.2) is 48.6 Å². The van der Waals surface area contributed by atoms with Crippen molar-refractivity contribution in [3.8, 4) is 0 Å². The van der Waals surface area contributed by atoms with Crippen molar-refractivity contribution in [2.45, 2.75) is 25.4 Å².